The van der Waals surface area contributed by atoms with Crippen molar-refractivity contribution in [3.8, 4) is 11.1 Å². The third kappa shape index (κ3) is 3.46. The van der Waals surface area contributed by atoms with Crippen molar-refractivity contribution >= 4 is 40.3 Å². The molecule has 1 amide bonds. The van der Waals surface area contributed by atoms with Crippen molar-refractivity contribution in [1.29, 1.82) is 0 Å². The van der Waals surface area contributed by atoms with Gasteiger partial charge in [-0.3, -0.25) is 9.69 Å². The number of benzene rings is 2. The van der Waals surface area contributed by atoms with E-state index in [0.29, 0.717) is 22.8 Å². The predicted octanol–water partition coefficient (Wildman–Crippen LogP) is 6.52. The number of carbonyl (C=O) groups excluding carboxylic acids is 1. The minimum absolute atomic E-state index is 0.0728. The number of hydrogen-bond acceptors (Lipinski definition) is 3. The number of hydrogen-bond donors (Lipinski definition) is 0. The molecule has 2 nitrogen and oxygen atoms in total. The Morgan fingerprint density at radius 3 is 2.26 bits per heavy atom. The highest BCUT2D eigenvalue weighted by atomic mass is 32.2. The molecule has 7 rings (SSSR count). The highest BCUT2D eigenvalue weighted by Gasteiger charge is 2.53. The van der Waals surface area contributed by atoms with Crippen LogP contribution in [-0.4, -0.2) is 21.2 Å². The van der Waals surface area contributed by atoms with Crippen molar-refractivity contribution in [2.75, 3.05) is 0 Å². The summed E-state index contributed by atoms with van der Waals surface area (Å²) in [6, 6.07) is 14.8. The van der Waals surface area contributed by atoms with Gasteiger partial charge in [-0.25, -0.2) is 4.39 Å². The molecule has 1 aliphatic heterocycles. The third-order valence-electron chi connectivity index (χ3n) is 7.64. The van der Waals surface area contributed by atoms with Gasteiger partial charge >= 0.3 is 0 Å². The maximum atomic E-state index is 13.6. The smallest absolute Gasteiger partial charge is 0.266 e. The molecular formula is C26H24FNOS2. The molecule has 2 aromatic rings. The van der Waals surface area contributed by atoms with E-state index in [2.05, 4.69) is 0 Å². The standard InChI is InChI=1S/C26H24FNOS2/c27-22-6-2-5-19(14-22)18-4-1-3-15(8-18)13-23-25(29)28(26(30)31-23)24-20-9-16-7-17(11-20)12-21(24)10-16/h1-6,8,13-14,16-17,20-21,24H,7,9-12H2. The number of halogens is 1. The molecule has 5 aliphatic rings. The van der Waals surface area contributed by atoms with E-state index in [0.717, 1.165) is 32.8 Å². The van der Waals surface area contributed by atoms with Crippen LogP contribution in [0.2, 0.25) is 0 Å². The first-order valence-electron chi connectivity index (χ1n) is 11.2. The summed E-state index contributed by atoms with van der Waals surface area (Å²) in [4.78, 5) is 16.1. The van der Waals surface area contributed by atoms with Crippen molar-refractivity contribution in [3.63, 3.8) is 0 Å². The normalized spacial score (nSPS) is 33.0. The zero-order chi connectivity index (χ0) is 21.1. The second-order valence-electron chi connectivity index (χ2n) is 9.61. The van der Waals surface area contributed by atoms with Gasteiger partial charge in [-0.1, -0.05) is 54.3 Å². The highest BCUT2D eigenvalue weighted by Crippen LogP contribution is 2.56. The first kappa shape index (κ1) is 19.7. The van der Waals surface area contributed by atoms with Gasteiger partial charge in [0.15, 0.2) is 0 Å². The lowest BCUT2D eigenvalue weighted by Crippen LogP contribution is -2.57. The van der Waals surface area contributed by atoms with E-state index in [-0.39, 0.29) is 11.7 Å². The van der Waals surface area contributed by atoms with E-state index >= 15 is 0 Å². The molecule has 0 N–H and O–H groups in total. The lowest BCUT2D eigenvalue weighted by molar-refractivity contribution is -0.130. The molecule has 5 fully saturated rings. The van der Waals surface area contributed by atoms with Gasteiger partial charge in [0.25, 0.3) is 5.91 Å². The zero-order valence-electron chi connectivity index (χ0n) is 17.2. The van der Waals surface area contributed by atoms with Crippen molar-refractivity contribution in [3.05, 3.63) is 64.8 Å². The molecule has 0 atom stereocenters. The molecule has 31 heavy (non-hydrogen) atoms. The van der Waals surface area contributed by atoms with Crippen LogP contribution in [0.1, 0.15) is 37.7 Å². The van der Waals surface area contributed by atoms with Gasteiger partial charge in [-0.2, -0.15) is 0 Å². The van der Waals surface area contributed by atoms with Crippen molar-refractivity contribution in [1.82, 2.24) is 4.90 Å². The summed E-state index contributed by atoms with van der Waals surface area (Å²) in [6.07, 6.45) is 8.41. The first-order chi connectivity index (χ1) is 15.0. The molecular weight excluding hydrogens is 425 g/mol. The summed E-state index contributed by atoms with van der Waals surface area (Å²) in [5.74, 6) is 2.81. The Labute approximate surface area is 191 Å². The minimum atomic E-state index is -0.251. The Balaban J connectivity index is 1.28. The third-order valence-corrected chi connectivity index (χ3v) is 8.97. The molecule has 5 heteroatoms. The topological polar surface area (TPSA) is 20.3 Å². The minimum Gasteiger partial charge on any atom is -0.289 e. The number of thioether (sulfide) groups is 1. The van der Waals surface area contributed by atoms with E-state index in [1.807, 2.05) is 41.3 Å². The number of nitrogens with zero attached hydrogens (tertiary/aromatic N) is 1. The van der Waals surface area contributed by atoms with E-state index < -0.39 is 0 Å². The SMILES string of the molecule is O=C1C(=Cc2cccc(-c3cccc(F)c3)c2)SC(=S)N1C1C2CC3CC(C2)CC1C3. The van der Waals surface area contributed by atoms with Gasteiger partial charge in [0.1, 0.15) is 10.1 Å². The Morgan fingerprint density at radius 2 is 1.58 bits per heavy atom. The summed E-state index contributed by atoms with van der Waals surface area (Å²) >= 11 is 7.15. The van der Waals surface area contributed by atoms with Crippen molar-refractivity contribution in [2.24, 2.45) is 23.7 Å². The molecule has 4 bridgehead atoms. The molecule has 0 unspecified atom stereocenters. The Morgan fingerprint density at radius 1 is 0.935 bits per heavy atom. The van der Waals surface area contributed by atoms with E-state index in [1.165, 1.54) is 56.0 Å². The van der Waals surface area contributed by atoms with E-state index in [4.69, 9.17) is 12.2 Å². The quantitative estimate of drug-likeness (QED) is 0.393. The predicted molar refractivity (Wildman–Crippen MR) is 128 cm³/mol. The Bertz CT molecular complexity index is 1080. The van der Waals surface area contributed by atoms with Gasteiger partial charge in [0, 0.05) is 6.04 Å². The molecule has 0 spiro atoms. The summed E-state index contributed by atoms with van der Waals surface area (Å²) in [5.41, 5.74) is 2.70. The average molecular weight is 450 g/mol. The highest BCUT2D eigenvalue weighted by molar-refractivity contribution is 8.26. The van der Waals surface area contributed by atoms with Crippen LogP contribution in [0.25, 0.3) is 17.2 Å². The largest absolute Gasteiger partial charge is 0.289 e. The van der Waals surface area contributed by atoms with Gasteiger partial charge < -0.3 is 0 Å². The van der Waals surface area contributed by atoms with Crippen molar-refractivity contribution in [2.45, 2.75) is 38.1 Å². The van der Waals surface area contributed by atoms with Crippen LogP contribution >= 0.6 is 24.0 Å². The fourth-order valence-corrected chi connectivity index (χ4v) is 8.03. The van der Waals surface area contributed by atoms with Crippen LogP contribution < -0.4 is 0 Å². The molecule has 2 aromatic carbocycles. The van der Waals surface area contributed by atoms with Gasteiger partial charge in [-0.15, -0.1) is 0 Å². The van der Waals surface area contributed by atoms with Crippen LogP contribution in [0.15, 0.2) is 53.4 Å². The maximum Gasteiger partial charge on any atom is 0.266 e. The Kier molecular flexibility index (Phi) is 4.80. The molecule has 4 aliphatic carbocycles. The molecule has 4 saturated carbocycles. The van der Waals surface area contributed by atoms with Gasteiger partial charge in [0.05, 0.1) is 4.91 Å². The molecule has 0 radical (unpaired) electrons. The van der Waals surface area contributed by atoms with Gasteiger partial charge in [-0.05, 0) is 96.7 Å². The Hall–Kier alpha value is -1.98. The van der Waals surface area contributed by atoms with E-state index in [9.17, 15) is 9.18 Å². The van der Waals surface area contributed by atoms with Crippen LogP contribution in [0.3, 0.4) is 0 Å². The second-order valence-corrected chi connectivity index (χ2v) is 11.3. The molecule has 0 aromatic heterocycles. The average Bonchev–Trinajstić information content (AvgIpc) is 3.01. The summed E-state index contributed by atoms with van der Waals surface area (Å²) in [6.45, 7) is 0. The van der Waals surface area contributed by atoms with Crippen LogP contribution in [-0.2, 0) is 4.79 Å². The molecule has 1 saturated heterocycles. The molecule has 158 valence electrons. The second kappa shape index (κ2) is 7.56. The number of thiocarbonyl (C=S) groups is 1. The van der Waals surface area contributed by atoms with Crippen LogP contribution in [0, 0.1) is 29.5 Å². The van der Waals surface area contributed by atoms with E-state index in [1.54, 1.807) is 6.07 Å². The van der Waals surface area contributed by atoms with Crippen LogP contribution in [0.4, 0.5) is 4.39 Å². The maximum absolute atomic E-state index is 13.6. The van der Waals surface area contributed by atoms with Gasteiger partial charge in [0.2, 0.25) is 0 Å². The lowest BCUT2D eigenvalue weighted by atomic mass is 9.54. The summed E-state index contributed by atoms with van der Waals surface area (Å²) < 4.78 is 14.4. The summed E-state index contributed by atoms with van der Waals surface area (Å²) in [5, 5.41) is 0. The summed E-state index contributed by atoms with van der Waals surface area (Å²) in [7, 11) is 0. The molecule has 1 heterocycles. The number of amides is 1. The fourth-order valence-electron chi connectivity index (χ4n) is 6.68. The number of rotatable bonds is 3. The lowest BCUT2D eigenvalue weighted by Gasteiger charge is -2.56. The fraction of sp³-hybridized carbons (Fsp3) is 0.385. The zero-order valence-corrected chi connectivity index (χ0v) is 18.8. The van der Waals surface area contributed by atoms with Crippen molar-refractivity contribution < 1.29 is 9.18 Å². The number of carbonyl (C=O) groups is 1. The first-order valence-corrected chi connectivity index (χ1v) is 12.4. The van der Waals surface area contributed by atoms with Crippen LogP contribution in [0.5, 0.6) is 0 Å². The monoisotopic (exact) mass is 449 g/mol.